The second-order valence-electron chi connectivity index (χ2n) is 17.3. The highest BCUT2D eigenvalue weighted by Crippen LogP contribution is 2.41. The molecule has 1 aliphatic carbocycles. The molecule has 2 N–H and O–H groups in total. The molecule has 2 amide bonds. The fourth-order valence-corrected chi connectivity index (χ4v) is 7.07. The van der Waals surface area contributed by atoms with Crippen LogP contribution in [-0.2, 0) is 71.3 Å². The molecular formula is C47H70N2O18. The molecule has 0 radical (unpaired) electrons. The van der Waals surface area contributed by atoms with E-state index in [9.17, 15) is 38.4 Å². The van der Waals surface area contributed by atoms with Gasteiger partial charge in [0.25, 0.3) is 0 Å². The summed E-state index contributed by atoms with van der Waals surface area (Å²) >= 11 is 0. The van der Waals surface area contributed by atoms with Gasteiger partial charge in [0.05, 0.1) is 43.9 Å². The van der Waals surface area contributed by atoms with Crippen LogP contribution in [0.25, 0.3) is 0 Å². The number of hydrogen-bond donors (Lipinski definition) is 2. The highest BCUT2D eigenvalue weighted by atomic mass is 16.7. The molecule has 376 valence electrons. The Morgan fingerprint density at radius 3 is 1.34 bits per heavy atom. The molecule has 0 heterocycles. The Kier molecular flexibility index (Phi) is 27.1. The number of amides is 2. The topological polar surface area (TPSA) is 253 Å². The zero-order valence-electron chi connectivity index (χ0n) is 39.5. The summed E-state index contributed by atoms with van der Waals surface area (Å²) in [5.41, 5.74) is -4.57. The minimum Gasteiger partial charge on any atom is -0.462 e. The number of hydrogen-bond acceptors (Lipinski definition) is 18. The van der Waals surface area contributed by atoms with Crippen LogP contribution in [0.15, 0.2) is 63.3 Å². The van der Waals surface area contributed by atoms with Crippen molar-refractivity contribution < 1.29 is 85.7 Å². The second kappa shape index (κ2) is 30.9. The van der Waals surface area contributed by atoms with Crippen LogP contribution in [0.1, 0.15) is 85.5 Å². The zero-order chi connectivity index (χ0) is 50.4. The summed E-state index contributed by atoms with van der Waals surface area (Å²) < 4.78 is 53.7. The molecule has 1 rings (SSSR count). The third kappa shape index (κ3) is 25.4. The van der Waals surface area contributed by atoms with Crippen LogP contribution in [-0.4, -0.2) is 132 Å². The van der Waals surface area contributed by atoms with Crippen LogP contribution >= 0.6 is 0 Å². The number of rotatable bonds is 33. The minimum absolute atomic E-state index is 0.00223. The van der Waals surface area contributed by atoms with Crippen molar-refractivity contribution in [3.63, 3.8) is 0 Å². The average molecular weight is 951 g/mol. The van der Waals surface area contributed by atoms with E-state index in [1.807, 2.05) is 13.8 Å². The summed E-state index contributed by atoms with van der Waals surface area (Å²) in [5.74, 6) is -4.36. The molecule has 0 aliphatic heterocycles. The molecule has 0 aromatic heterocycles. The maximum Gasteiger partial charge on any atom is 0.508 e. The fraction of sp³-hybridized carbons (Fsp3) is 0.617. The summed E-state index contributed by atoms with van der Waals surface area (Å²) in [7, 11) is 0. The van der Waals surface area contributed by atoms with E-state index in [2.05, 4.69) is 50.5 Å². The predicted octanol–water partition coefficient (Wildman–Crippen LogP) is 5.93. The summed E-state index contributed by atoms with van der Waals surface area (Å²) in [6.45, 7) is 20.6. The van der Waals surface area contributed by atoms with Gasteiger partial charge in [-0.15, -0.1) is 0 Å². The first kappa shape index (κ1) is 58.8. The van der Waals surface area contributed by atoms with Crippen molar-refractivity contribution in [3.8, 4) is 0 Å². The maximum absolute atomic E-state index is 13.7. The van der Waals surface area contributed by atoms with Crippen LogP contribution in [0, 0.1) is 16.2 Å². The molecule has 1 fully saturated rings. The first-order chi connectivity index (χ1) is 31.7. The van der Waals surface area contributed by atoms with Crippen molar-refractivity contribution in [3.05, 3.63) is 63.3 Å². The van der Waals surface area contributed by atoms with Gasteiger partial charge >= 0.3 is 48.2 Å². The van der Waals surface area contributed by atoms with E-state index in [0.29, 0.717) is 12.8 Å². The Labute approximate surface area is 393 Å². The monoisotopic (exact) mass is 950 g/mol. The summed E-state index contributed by atoms with van der Waals surface area (Å²) in [4.78, 5) is 99.4. The SMILES string of the molecule is C=CC(=O)OCC(COCC(COC(=O)C=C)(COC(=O)C=C)COC(=O)NC1(C)CC(NC(=O)OCCCOC(=O)OCCCCCCC)CC(C)(C)C1)(COC(=O)C=C)COC(=O)C=C. The van der Waals surface area contributed by atoms with Crippen LogP contribution in [0.2, 0.25) is 0 Å². The van der Waals surface area contributed by atoms with Crippen LogP contribution in [0.4, 0.5) is 14.4 Å². The number of ether oxygens (including phenoxy) is 10. The van der Waals surface area contributed by atoms with E-state index >= 15 is 0 Å². The van der Waals surface area contributed by atoms with E-state index < -0.39 is 129 Å². The first-order valence-corrected chi connectivity index (χ1v) is 21.9. The summed E-state index contributed by atoms with van der Waals surface area (Å²) in [6.07, 6.45) is 8.56. The summed E-state index contributed by atoms with van der Waals surface area (Å²) in [5, 5.41) is 5.73. The quantitative estimate of drug-likeness (QED) is 0.0335. The van der Waals surface area contributed by atoms with E-state index in [1.165, 1.54) is 0 Å². The van der Waals surface area contributed by atoms with Crippen LogP contribution in [0.3, 0.4) is 0 Å². The molecule has 0 aromatic rings. The minimum atomic E-state index is -1.65. The molecule has 0 spiro atoms. The predicted molar refractivity (Wildman–Crippen MR) is 241 cm³/mol. The molecule has 20 heteroatoms. The number of nitrogens with one attached hydrogen (secondary N) is 2. The lowest BCUT2D eigenvalue weighted by molar-refractivity contribution is -0.167. The average Bonchev–Trinajstić information content (AvgIpc) is 3.28. The lowest BCUT2D eigenvalue weighted by atomic mass is 9.67. The Morgan fingerprint density at radius 1 is 0.507 bits per heavy atom. The molecule has 20 nitrogen and oxygen atoms in total. The number of unbranched alkanes of at least 4 members (excludes halogenated alkanes) is 4. The van der Waals surface area contributed by atoms with Crippen molar-refractivity contribution in [2.24, 2.45) is 16.2 Å². The largest absolute Gasteiger partial charge is 0.508 e. The summed E-state index contributed by atoms with van der Waals surface area (Å²) in [6, 6.07) is -0.447. The van der Waals surface area contributed by atoms with Gasteiger partial charge in [0, 0.05) is 48.4 Å². The molecule has 0 bridgehead atoms. The third-order valence-electron chi connectivity index (χ3n) is 10.1. The normalized spacial score (nSPS) is 16.3. The highest BCUT2D eigenvalue weighted by molar-refractivity contribution is 5.83. The molecule has 0 saturated heterocycles. The van der Waals surface area contributed by atoms with E-state index in [-0.39, 0.29) is 32.7 Å². The fourth-order valence-electron chi connectivity index (χ4n) is 7.07. The van der Waals surface area contributed by atoms with Crippen LogP contribution < -0.4 is 10.6 Å². The maximum atomic E-state index is 13.7. The first-order valence-electron chi connectivity index (χ1n) is 21.9. The molecule has 67 heavy (non-hydrogen) atoms. The lowest BCUT2D eigenvalue weighted by Gasteiger charge is -2.46. The van der Waals surface area contributed by atoms with Crippen molar-refractivity contribution in [2.45, 2.75) is 97.1 Å². The van der Waals surface area contributed by atoms with Gasteiger partial charge in [-0.3, -0.25) is 0 Å². The molecule has 2 unspecified atom stereocenters. The molecule has 1 aliphatic rings. The second-order valence-corrected chi connectivity index (χ2v) is 17.3. The number of carbonyl (C=O) groups excluding carboxylic acids is 8. The van der Waals surface area contributed by atoms with Gasteiger partial charge in [0.1, 0.15) is 39.6 Å². The van der Waals surface area contributed by atoms with Gasteiger partial charge in [0.2, 0.25) is 0 Å². The Hall–Kier alpha value is -6.18. The Morgan fingerprint density at radius 2 is 0.910 bits per heavy atom. The molecule has 0 aromatic carbocycles. The van der Waals surface area contributed by atoms with Crippen molar-refractivity contribution in [2.75, 3.05) is 72.7 Å². The van der Waals surface area contributed by atoms with Gasteiger partial charge in [-0.05, 0) is 38.0 Å². The zero-order valence-corrected chi connectivity index (χ0v) is 39.5. The standard InChI is InChI=1S/C47H70N2O18/c1-10-16-17-18-19-21-60-43(57)61-23-20-22-59-41(55)48-35-24-44(7,8)26-45(9,25-35)49-42(56)67-34-47(32-65-39(53)14-5,33-66-40(54)15-6)28-58-27-46(29-62-36(50)11-2,30-63-37(51)12-3)31-64-38(52)13-4/h11-15,35H,2-6,10,16-34H2,1,7-9H3,(H,48,55)(H,49,56). The third-order valence-corrected chi connectivity index (χ3v) is 10.1. The molecule has 2 atom stereocenters. The van der Waals surface area contributed by atoms with Gasteiger partial charge < -0.3 is 58.0 Å². The molecular weight excluding hydrogens is 881 g/mol. The van der Waals surface area contributed by atoms with Crippen LogP contribution in [0.5, 0.6) is 0 Å². The van der Waals surface area contributed by atoms with Gasteiger partial charge in [0.15, 0.2) is 0 Å². The van der Waals surface area contributed by atoms with E-state index in [4.69, 9.17) is 47.4 Å². The smallest absolute Gasteiger partial charge is 0.462 e. The van der Waals surface area contributed by atoms with Gasteiger partial charge in [-0.1, -0.05) is 79.3 Å². The number of esters is 5. The number of carbonyl (C=O) groups is 8. The van der Waals surface area contributed by atoms with Gasteiger partial charge in [-0.2, -0.15) is 0 Å². The van der Waals surface area contributed by atoms with Crippen molar-refractivity contribution in [1.29, 1.82) is 0 Å². The Balaban J connectivity index is 3.18. The molecule has 1 saturated carbocycles. The van der Waals surface area contributed by atoms with E-state index in [1.54, 1.807) is 6.92 Å². The Bertz CT molecular complexity index is 1630. The van der Waals surface area contributed by atoms with Gasteiger partial charge in [-0.25, -0.2) is 38.4 Å². The number of alkyl carbamates (subject to hydrolysis) is 2. The van der Waals surface area contributed by atoms with E-state index in [0.717, 1.165) is 62.5 Å². The van der Waals surface area contributed by atoms with Crippen molar-refractivity contribution in [1.82, 2.24) is 10.6 Å². The lowest BCUT2D eigenvalue weighted by Crippen LogP contribution is -2.58. The highest BCUT2D eigenvalue weighted by Gasteiger charge is 2.44. The van der Waals surface area contributed by atoms with Crippen molar-refractivity contribution >= 4 is 48.2 Å².